The van der Waals surface area contributed by atoms with E-state index in [0.29, 0.717) is 10.5 Å². The Labute approximate surface area is 104 Å². The first-order valence-electron chi connectivity index (χ1n) is 5.55. The molecule has 2 atom stereocenters. The van der Waals surface area contributed by atoms with Gasteiger partial charge in [0.25, 0.3) is 5.91 Å². The number of nitrogens with zero attached hydrogens (tertiary/aromatic N) is 1. The second kappa shape index (κ2) is 4.95. The summed E-state index contributed by atoms with van der Waals surface area (Å²) >= 11 is 3.59. The fourth-order valence-corrected chi connectivity index (χ4v) is 2.76. The molecule has 0 radical (unpaired) electrons. The zero-order valence-corrected chi connectivity index (χ0v) is 10.8. The largest absolute Gasteiger partial charge is 0.347 e. The average Bonchev–Trinajstić information content (AvgIpc) is 2.65. The predicted octanol–water partition coefficient (Wildman–Crippen LogP) is 2.44. The normalized spacial score (nSPS) is 24.4. The zero-order chi connectivity index (χ0) is 11.5. The highest BCUT2D eigenvalue weighted by Crippen LogP contribution is 2.25. The molecule has 1 aliphatic carbocycles. The summed E-state index contributed by atoms with van der Waals surface area (Å²) in [5.74, 6) is -0.0607. The van der Waals surface area contributed by atoms with Crippen LogP contribution < -0.4 is 5.32 Å². The highest BCUT2D eigenvalue weighted by atomic mass is 79.9. The van der Waals surface area contributed by atoms with E-state index in [2.05, 4.69) is 26.2 Å². The number of halogens is 1. The number of rotatable bonds is 2. The standard InChI is InChI=1S/C12H15BrN2O/c1-8-4-3-7-14-11(8)12(16)15-10-6-2-5-9(10)13/h3-4,7,9-10H,2,5-6H2,1H3,(H,15,16). The van der Waals surface area contributed by atoms with Crippen molar-refractivity contribution >= 4 is 21.8 Å². The lowest BCUT2D eigenvalue weighted by Crippen LogP contribution is -2.38. The van der Waals surface area contributed by atoms with E-state index in [4.69, 9.17) is 0 Å². The molecule has 1 amide bonds. The topological polar surface area (TPSA) is 42.0 Å². The SMILES string of the molecule is Cc1cccnc1C(=O)NC1CCCC1Br. The summed E-state index contributed by atoms with van der Waals surface area (Å²) in [6.45, 7) is 1.90. The van der Waals surface area contributed by atoms with Crippen molar-refractivity contribution in [3.63, 3.8) is 0 Å². The van der Waals surface area contributed by atoms with Gasteiger partial charge in [-0.2, -0.15) is 0 Å². The molecule has 0 bridgehead atoms. The van der Waals surface area contributed by atoms with Crippen molar-refractivity contribution in [3.05, 3.63) is 29.6 Å². The van der Waals surface area contributed by atoms with Crippen LogP contribution in [0.3, 0.4) is 0 Å². The summed E-state index contributed by atoms with van der Waals surface area (Å²) in [5.41, 5.74) is 1.46. The van der Waals surface area contributed by atoms with Gasteiger partial charge < -0.3 is 5.32 Å². The van der Waals surface area contributed by atoms with E-state index in [1.165, 1.54) is 6.42 Å². The molecule has 1 aromatic heterocycles. The van der Waals surface area contributed by atoms with Gasteiger partial charge in [-0.3, -0.25) is 9.78 Å². The van der Waals surface area contributed by atoms with Crippen molar-refractivity contribution in [1.82, 2.24) is 10.3 Å². The number of pyridine rings is 1. The van der Waals surface area contributed by atoms with Crippen LogP contribution in [0.2, 0.25) is 0 Å². The number of nitrogens with one attached hydrogen (secondary N) is 1. The zero-order valence-electron chi connectivity index (χ0n) is 9.24. The van der Waals surface area contributed by atoms with Crippen LogP contribution >= 0.6 is 15.9 Å². The maximum absolute atomic E-state index is 12.0. The quantitative estimate of drug-likeness (QED) is 0.847. The Bertz CT molecular complexity index is 394. The number of amides is 1. The minimum absolute atomic E-state index is 0.0607. The van der Waals surface area contributed by atoms with E-state index in [-0.39, 0.29) is 11.9 Å². The lowest BCUT2D eigenvalue weighted by Gasteiger charge is -2.16. The average molecular weight is 283 g/mol. The molecule has 0 aromatic carbocycles. The molecule has 1 heterocycles. The van der Waals surface area contributed by atoms with Gasteiger partial charge in [-0.15, -0.1) is 0 Å². The number of hydrogen-bond acceptors (Lipinski definition) is 2. The van der Waals surface area contributed by atoms with E-state index >= 15 is 0 Å². The first kappa shape index (κ1) is 11.6. The molecule has 1 aromatic rings. The predicted molar refractivity (Wildman–Crippen MR) is 66.8 cm³/mol. The van der Waals surface area contributed by atoms with Gasteiger partial charge in [0.05, 0.1) is 0 Å². The Kier molecular flexibility index (Phi) is 3.59. The summed E-state index contributed by atoms with van der Waals surface area (Å²) in [6, 6.07) is 3.99. The van der Waals surface area contributed by atoms with Crippen LogP contribution in [-0.4, -0.2) is 21.8 Å². The van der Waals surface area contributed by atoms with Crippen molar-refractivity contribution in [2.75, 3.05) is 0 Å². The fourth-order valence-electron chi connectivity index (χ4n) is 2.04. The van der Waals surface area contributed by atoms with Crippen LogP contribution in [0.15, 0.2) is 18.3 Å². The van der Waals surface area contributed by atoms with Gasteiger partial charge in [0.1, 0.15) is 5.69 Å². The molecule has 0 spiro atoms. The van der Waals surface area contributed by atoms with Crippen LogP contribution in [0.25, 0.3) is 0 Å². The van der Waals surface area contributed by atoms with E-state index in [1.54, 1.807) is 6.20 Å². The Hall–Kier alpha value is -0.900. The minimum Gasteiger partial charge on any atom is -0.347 e. The molecule has 1 N–H and O–H groups in total. The monoisotopic (exact) mass is 282 g/mol. The number of carbonyl (C=O) groups is 1. The summed E-state index contributed by atoms with van der Waals surface area (Å²) < 4.78 is 0. The highest BCUT2D eigenvalue weighted by molar-refractivity contribution is 9.09. The van der Waals surface area contributed by atoms with Crippen LogP contribution in [0.1, 0.15) is 35.3 Å². The molecule has 3 nitrogen and oxygen atoms in total. The molecular formula is C12H15BrN2O. The van der Waals surface area contributed by atoms with Crippen LogP contribution in [0, 0.1) is 6.92 Å². The van der Waals surface area contributed by atoms with Gasteiger partial charge in [-0.05, 0) is 31.4 Å². The third-order valence-electron chi connectivity index (χ3n) is 2.97. The smallest absolute Gasteiger partial charge is 0.270 e. The van der Waals surface area contributed by atoms with Gasteiger partial charge in [-0.25, -0.2) is 0 Å². The maximum atomic E-state index is 12.0. The molecule has 86 valence electrons. The first-order chi connectivity index (χ1) is 7.68. The fraction of sp³-hybridized carbons (Fsp3) is 0.500. The lowest BCUT2D eigenvalue weighted by molar-refractivity contribution is 0.0933. The Balaban J connectivity index is 2.06. The van der Waals surface area contributed by atoms with Gasteiger partial charge in [0.2, 0.25) is 0 Å². The van der Waals surface area contributed by atoms with Gasteiger partial charge in [0.15, 0.2) is 0 Å². The van der Waals surface area contributed by atoms with E-state index < -0.39 is 0 Å². The Morgan fingerprint density at radius 3 is 3.00 bits per heavy atom. The second-order valence-corrected chi connectivity index (χ2v) is 5.37. The molecule has 2 unspecified atom stereocenters. The number of aromatic nitrogens is 1. The second-order valence-electron chi connectivity index (χ2n) is 4.20. The highest BCUT2D eigenvalue weighted by Gasteiger charge is 2.27. The number of carbonyl (C=O) groups excluding carboxylic acids is 1. The summed E-state index contributed by atoms with van der Waals surface area (Å²) in [7, 11) is 0. The number of hydrogen-bond donors (Lipinski definition) is 1. The van der Waals surface area contributed by atoms with Gasteiger partial charge in [0, 0.05) is 17.1 Å². The molecular weight excluding hydrogens is 268 g/mol. The molecule has 4 heteroatoms. The third-order valence-corrected chi connectivity index (χ3v) is 4.07. The molecule has 0 aliphatic heterocycles. The summed E-state index contributed by atoms with van der Waals surface area (Å²) in [6.07, 6.45) is 5.00. The van der Waals surface area contributed by atoms with Gasteiger partial charge >= 0.3 is 0 Å². The third kappa shape index (κ3) is 2.43. The van der Waals surface area contributed by atoms with Crippen LogP contribution in [-0.2, 0) is 0 Å². The minimum atomic E-state index is -0.0607. The first-order valence-corrected chi connectivity index (χ1v) is 6.46. The van der Waals surface area contributed by atoms with Crippen LogP contribution in [0.5, 0.6) is 0 Å². The van der Waals surface area contributed by atoms with Gasteiger partial charge in [-0.1, -0.05) is 28.4 Å². The maximum Gasteiger partial charge on any atom is 0.270 e. The van der Waals surface area contributed by atoms with E-state index in [9.17, 15) is 4.79 Å². The molecule has 1 fully saturated rings. The molecule has 16 heavy (non-hydrogen) atoms. The molecule has 1 saturated carbocycles. The lowest BCUT2D eigenvalue weighted by atomic mass is 10.2. The summed E-state index contributed by atoms with van der Waals surface area (Å²) in [5, 5.41) is 3.04. The van der Waals surface area contributed by atoms with Crippen molar-refractivity contribution < 1.29 is 4.79 Å². The van der Waals surface area contributed by atoms with Crippen molar-refractivity contribution in [2.24, 2.45) is 0 Å². The Morgan fingerprint density at radius 2 is 2.38 bits per heavy atom. The molecule has 0 saturated heterocycles. The molecule has 1 aliphatic rings. The molecule has 2 rings (SSSR count). The summed E-state index contributed by atoms with van der Waals surface area (Å²) in [4.78, 5) is 16.5. The Morgan fingerprint density at radius 1 is 1.56 bits per heavy atom. The van der Waals surface area contributed by atoms with E-state index in [0.717, 1.165) is 18.4 Å². The van der Waals surface area contributed by atoms with Crippen molar-refractivity contribution in [3.8, 4) is 0 Å². The van der Waals surface area contributed by atoms with E-state index in [1.807, 2.05) is 19.1 Å². The van der Waals surface area contributed by atoms with Crippen molar-refractivity contribution in [1.29, 1.82) is 0 Å². The van der Waals surface area contributed by atoms with Crippen LogP contribution in [0.4, 0.5) is 0 Å². The number of alkyl halides is 1. The van der Waals surface area contributed by atoms with Crippen molar-refractivity contribution in [2.45, 2.75) is 37.1 Å². The number of aryl methyl sites for hydroxylation is 1.